The van der Waals surface area contributed by atoms with Crippen molar-refractivity contribution in [3.05, 3.63) is 11.6 Å². The maximum atomic E-state index is 8.77. The lowest BCUT2D eigenvalue weighted by Gasteiger charge is -1.80. The lowest BCUT2D eigenvalue weighted by atomic mass is 10.3. The van der Waals surface area contributed by atoms with Crippen LogP contribution < -0.4 is 0 Å². The molecule has 0 rings (SSSR count). The summed E-state index contributed by atoms with van der Waals surface area (Å²) in [5.74, 6) is 0. The maximum absolute atomic E-state index is 8.77. The van der Waals surface area contributed by atoms with Gasteiger partial charge in [0.05, 0.1) is 10.7 Å². The molecular formula is C5H10O. The van der Waals surface area contributed by atoms with E-state index in [1.54, 1.807) is 0 Å². The number of hydrogen-bond donors (Lipinski definition) is 1. The van der Waals surface area contributed by atoms with E-state index in [4.69, 9.17) is 17.4 Å². The van der Waals surface area contributed by atoms with E-state index in [9.17, 15) is 0 Å². The molecule has 0 aromatic rings. The van der Waals surface area contributed by atoms with Crippen molar-refractivity contribution in [1.29, 1.82) is 0 Å². The quantitative estimate of drug-likeness (QED) is 0.481. The predicted octanol–water partition coefficient (Wildman–Crippen LogP) is 0.945. The molecule has 1 nitrogen and oxygen atoms in total. The SMILES string of the molecule is [2H]C(=C(C([2H])([2H])[2H])C([2H])([2H])[2H])C([2H])([2H])O. The number of rotatable bonds is 1. The first-order valence-electron chi connectivity index (χ1n) is 5.72. The summed E-state index contributed by atoms with van der Waals surface area (Å²) in [5, 5.41) is 8.77. The third-order valence-corrected chi connectivity index (χ3v) is 0.181. The topological polar surface area (TPSA) is 20.2 Å². The van der Waals surface area contributed by atoms with E-state index in [0.29, 0.717) is 0 Å². The molecular weight excluding hydrogens is 76.1 g/mol. The van der Waals surface area contributed by atoms with Crippen molar-refractivity contribution in [2.24, 2.45) is 0 Å². The van der Waals surface area contributed by atoms with Crippen LogP contribution in [-0.2, 0) is 0 Å². The highest BCUT2D eigenvalue weighted by molar-refractivity contribution is 4.91. The Morgan fingerprint density at radius 3 is 3.17 bits per heavy atom. The van der Waals surface area contributed by atoms with Gasteiger partial charge in [0.25, 0.3) is 0 Å². The van der Waals surface area contributed by atoms with E-state index < -0.39 is 31.9 Å². The Morgan fingerprint density at radius 2 is 3.00 bits per heavy atom. The van der Waals surface area contributed by atoms with Crippen LogP contribution in [-0.4, -0.2) is 11.7 Å². The molecule has 1 heteroatoms. The van der Waals surface area contributed by atoms with E-state index in [0.717, 1.165) is 0 Å². The number of hydrogen-bond acceptors (Lipinski definition) is 1. The molecule has 0 radical (unpaired) electrons. The Balaban J connectivity index is 5.71. The fourth-order valence-electron chi connectivity index (χ4n) is 0.0559. The van der Waals surface area contributed by atoms with Crippen molar-refractivity contribution in [3.8, 4) is 0 Å². The van der Waals surface area contributed by atoms with Gasteiger partial charge >= 0.3 is 0 Å². The molecule has 6 heavy (non-hydrogen) atoms. The van der Waals surface area contributed by atoms with Gasteiger partial charge in [0.1, 0.15) is 0 Å². The summed E-state index contributed by atoms with van der Waals surface area (Å²) in [7, 11) is 0. The molecule has 0 atom stereocenters. The average molecular weight is 95.2 g/mol. The maximum Gasteiger partial charge on any atom is 0.0614 e. The second-order valence-corrected chi connectivity index (χ2v) is 0.612. The van der Waals surface area contributed by atoms with Gasteiger partial charge in [-0.25, -0.2) is 0 Å². The van der Waals surface area contributed by atoms with Crippen LogP contribution in [0.4, 0.5) is 0 Å². The summed E-state index contributed by atoms with van der Waals surface area (Å²) in [6.45, 7) is -9.56. The summed E-state index contributed by atoms with van der Waals surface area (Å²) >= 11 is 0. The Labute approximate surface area is 50.9 Å². The smallest absolute Gasteiger partial charge is 0.0614 e. The van der Waals surface area contributed by atoms with Crippen molar-refractivity contribution in [3.63, 3.8) is 0 Å². The summed E-state index contributed by atoms with van der Waals surface area (Å²) in [6.07, 6.45) is 0. The van der Waals surface area contributed by atoms with E-state index in [1.165, 1.54) is 0 Å². The predicted molar refractivity (Wildman–Crippen MR) is 26.5 cm³/mol. The standard InChI is InChI=1S/C5H10O/c1-5(2)3-4-6/h3,6H,4H2,1-2H3/i1D3,2D3,3D,4D2. The van der Waals surface area contributed by atoms with Gasteiger partial charge in [-0.1, -0.05) is 11.6 Å². The van der Waals surface area contributed by atoms with Gasteiger partial charge in [-0.05, 0) is 13.7 Å². The molecule has 36 valence electrons. The van der Waals surface area contributed by atoms with Gasteiger partial charge in [0.2, 0.25) is 0 Å². The van der Waals surface area contributed by atoms with E-state index >= 15 is 0 Å². The summed E-state index contributed by atoms with van der Waals surface area (Å²) < 4.78 is 61.7. The fourth-order valence-corrected chi connectivity index (χ4v) is 0.0559. The van der Waals surface area contributed by atoms with Gasteiger partial charge in [0, 0.05) is 8.22 Å². The van der Waals surface area contributed by atoms with E-state index in [-0.39, 0.29) is 0 Å². The van der Waals surface area contributed by atoms with Crippen LogP contribution in [0.3, 0.4) is 0 Å². The molecule has 0 unspecified atom stereocenters. The Kier molecular flexibility index (Phi) is 0.326. The van der Waals surface area contributed by atoms with Crippen LogP contribution in [0.5, 0.6) is 0 Å². The van der Waals surface area contributed by atoms with Crippen LogP contribution in [0.2, 0.25) is 0 Å². The molecule has 0 saturated heterocycles. The third kappa shape index (κ3) is 3.70. The highest BCUT2D eigenvalue weighted by atomic mass is 16.2. The average Bonchev–Trinajstić information content (AvgIpc) is 1.76. The largest absolute Gasteiger partial charge is 0.392 e. The third-order valence-electron chi connectivity index (χ3n) is 0.181. The molecule has 1 N–H and O–H groups in total. The van der Waals surface area contributed by atoms with Gasteiger partial charge in [-0.15, -0.1) is 0 Å². The zero-order valence-electron chi connectivity index (χ0n) is 11.9. The zero-order chi connectivity index (χ0) is 12.7. The highest BCUT2D eigenvalue weighted by Gasteiger charge is 1.68. The van der Waals surface area contributed by atoms with Gasteiger partial charge < -0.3 is 5.11 Å². The molecule has 0 fully saturated rings. The van der Waals surface area contributed by atoms with Gasteiger partial charge in [0.15, 0.2) is 0 Å². The summed E-state index contributed by atoms with van der Waals surface area (Å²) in [6, 6.07) is -1.44. The minimum Gasteiger partial charge on any atom is -0.392 e. The lowest BCUT2D eigenvalue weighted by molar-refractivity contribution is 0.342. The van der Waals surface area contributed by atoms with Crippen molar-refractivity contribution >= 4 is 0 Å². The Hall–Kier alpha value is -0.300. The monoisotopic (exact) mass is 95.1 g/mol. The van der Waals surface area contributed by atoms with E-state index in [2.05, 4.69) is 0 Å². The Morgan fingerprint density at radius 1 is 2.33 bits per heavy atom. The molecule has 0 aliphatic heterocycles. The summed E-state index contributed by atoms with van der Waals surface area (Å²) in [5.41, 5.74) is -1.36. The van der Waals surface area contributed by atoms with Crippen LogP contribution in [0.1, 0.15) is 26.0 Å². The van der Waals surface area contributed by atoms with Crippen LogP contribution in [0.25, 0.3) is 0 Å². The molecule has 0 heterocycles. The number of aliphatic hydroxyl groups is 1. The second-order valence-electron chi connectivity index (χ2n) is 0.612. The van der Waals surface area contributed by atoms with Gasteiger partial charge in [-0.2, -0.15) is 0 Å². The zero-order valence-corrected chi connectivity index (χ0v) is 2.95. The Bertz CT molecular complexity index is 248. The molecule has 0 aromatic heterocycles. The first-order chi connectivity index (χ1) is 6.28. The number of allylic oxidation sites excluding steroid dienone is 1. The fraction of sp³-hybridized carbons (Fsp3) is 0.600. The molecule has 0 bridgehead atoms. The van der Waals surface area contributed by atoms with E-state index in [1.807, 2.05) is 0 Å². The molecule has 0 aliphatic rings. The molecule has 0 saturated carbocycles. The molecule has 0 spiro atoms. The van der Waals surface area contributed by atoms with Gasteiger partial charge in [-0.3, -0.25) is 0 Å². The minimum atomic E-state index is -3.28. The lowest BCUT2D eigenvalue weighted by Crippen LogP contribution is -1.71. The molecule has 0 amide bonds. The van der Waals surface area contributed by atoms with Crippen LogP contribution >= 0.6 is 0 Å². The van der Waals surface area contributed by atoms with Crippen molar-refractivity contribution < 1.29 is 17.4 Å². The summed E-state index contributed by atoms with van der Waals surface area (Å²) in [4.78, 5) is 0. The first-order valence-corrected chi connectivity index (χ1v) is 1.22. The minimum absolute atomic E-state index is 1.36. The normalized spacial score (nSPS) is 36.5. The molecule has 0 aliphatic carbocycles. The van der Waals surface area contributed by atoms with Crippen molar-refractivity contribution in [1.82, 2.24) is 0 Å². The second kappa shape index (κ2) is 2.91. The first kappa shape index (κ1) is 0.671. The van der Waals surface area contributed by atoms with Crippen LogP contribution in [0, 0.1) is 0 Å². The van der Waals surface area contributed by atoms with Crippen LogP contribution in [0.15, 0.2) is 11.6 Å². The highest BCUT2D eigenvalue weighted by Crippen LogP contribution is 1.83. The van der Waals surface area contributed by atoms with Crippen molar-refractivity contribution in [2.75, 3.05) is 6.56 Å². The van der Waals surface area contributed by atoms with Crippen molar-refractivity contribution in [2.45, 2.75) is 13.7 Å². The molecule has 0 aromatic carbocycles.